The van der Waals surface area contributed by atoms with Gasteiger partial charge in [-0.2, -0.15) is 0 Å². The molecule has 2 amide bonds. The molecule has 4 aliphatic rings. The number of fused-ring (bicyclic) bond motifs is 1. The molecule has 2 saturated carbocycles. The van der Waals surface area contributed by atoms with Crippen LogP contribution in [0.2, 0.25) is 0 Å². The first-order valence-corrected chi connectivity index (χ1v) is 9.37. The molecule has 4 rings (SSSR count). The van der Waals surface area contributed by atoms with Crippen molar-refractivity contribution in [3.8, 4) is 0 Å². The predicted molar refractivity (Wildman–Crippen MR) is 85.6 cm³/mol. The van der Waals surface area contributed by atoms with Crippen molar-refractivity contribution in [2.75, 3.05) is 13.1 Å². The maximum Gasteiger partial charge on any atom is 0.225 e. The summed E-state index contributed by atoms with van der Waals surface area (Å²) in [6, 6.07) is 0.833. The van der Waals surface area contributed by atoms with Crippen LogP contribution in [0, 0.1) is 5.92 Å². The Kier molecular flexibility index (Phi) is 3.87. The van der Waals surface area contributed by atoms with Gasteiger partial charge in [0.25, 0.3) is 0 Å². The van der Waals surface area contributed by atoms with E-state index in [4.69, 9.17) is 0 Å². The van der Waals surface area contributed by atoms with E-state index < -0.39 is 5.60 Å². The van der Waals surface area contributed by atoms with Gasteiger partial charge in [-0.05, 0) is 44.4 Å². The van der Waals surface area contributed by atoms with Crippen molar-refractivity contribution in [2.45, 2.75) is 81.9 Å². The Morgan fingerprint density at radius 3 is 2.61 bits per heavy atom. The summed E-state index contributed by atoms with van der Waals surface area (Å²) in [6.07, 6.45) is 8.68. The zero-order chi connectivity index (χ0) is 16.0. The summed E-state index contributed by atoms with van der Waals surface area (Å²) in [5, 5.41) is 10.5. The number of piperidine rings is 2. The minimum Gasteiger partial charge on any atom is -0.389 e. The molecule has 0 aromatic carbocycles. The second kappa shape index (κ2) is 5.76. The third-order valence-corrected chi connectivity index (χ3v) is 6.38. The van der Waals surface area contributed by atoms with Gasteiger partial charge in [-0.1, -0.05) is 12.8 Å². The van der Waals surface area contributed by atoms with Gasteiger partial charge >= 0.3 is 0 Å². The molecule has 0 aromatic rings. The molecule has 23 heavy (non-hydrogen) atoms. The summed E-state index contributed by atoms with van der Waals surface area (Å²) in [6.45, 7) is 1.52. The van der Waals surface area contributed by atoms with Gasteiger partial charge in [-0.25, -0.2) is 0 Å². The molecular formula is C18H28N2O3. The molecule has 2 heterocycles. The lowest BCUT2D eigenvalue weighted by atomic mass is 9.83. The van der Waals surface area contributed by atoms with Crippen molar-refractivity contribution in [2.24, 2.45) is 5.92 Å². The summed E-state index contributed by atoms with van der Waals surface area (Å²) in [5.41, 5.74) is -0.753. The van der Waals surface area contributed by atoms with Gasteiger partial charge in [0, 0.05) is 31.6 Å². The summed E-state index contributed by atoms with van der Waals surface area (Å²) in [5.74, 6) is 0.876. The fraction of sp³-hybridized carbons (Fsp3) is 0.889. The molecule has 1 N–H and O–H groups in total. The summed E-state index contributed by atoms with van der Waals surface area (Å²) in [7, 11) is 0. The van der Waals surface area contributed by atoms with Crippen molar-refractivity contribution in [3.05, 3.63) is 0 Å². The standard InChI is InChI=1S/C18H28N2O3/c21-16-6-3-13-12-19(10-7-15(13)20(16)14-4-5-14)17(22)11-18(23)8-1-2-9-18/h13-15,23H,1-12H2. The maximum atomic E-state index is 12.6. The topological polar surface area (TPSA) is 60.9 Å². The summed E-state index contributed by atoms with van der Waals surface area (Å²) >= 11 is 0. The third kappa shape index (κ3) is 3.00. The van der Waals surface area contributed by atoms with Crippen LogP contribution in [-0.4, -0.2) is 57.5 Å². The first kappa shape index (κ1) is 15.4. The van der Waals surface area contributed by atoms with E-state index in [1.165, 1.54) is 0 Å². The van der Waals surface area contributed by atoms with E-state index in [9.17, 15) is 14.7 Å². The average molecular weight is 320 g/mol. The number of likely N-dealkylation sites (tertiary alicyclic amines) is 2. The fourth-order valence-electron chi connectivity index (χ4n) is 4.95. The lowest BCUT2D eigenvalue weighted by Gasteiger charge is -2.47. The van der Waals surface area contributed by atoms with Crippen LogP contribution in [0.15, 0.2) is 0 Å². The fourth-order valence-corrected chi connectivity index (χ4v) is 4.95. The minimum atomic E-state index is -0.753. The molecule has 2 aliphatic carbocycles. The highest BCUT2D eigenvalue weighted by Gasteiger charge is 2.46. The van der Waals surface area contributed by atoms with Crippen molar-refractivity contribution in [1.82, 2.24) is 9.80 Å². The number of nitrogens with zero attached hydrogens (tertiary/aromatic N) is 2. The number of hydrogen-bond donors (Lipinski definition) is 1. The molecule has 0 bridgehead atoms. The largest absolute Gasteiger partial charge is 0.389 e. The Hall–Kier alpha value is -1.10. The Labute approximate surface area is 138 Å². The van der Waals surface area contributed by atoms with Gasteiger partial charge in [0.05, 0.1) is 12.0 Å². The Balaban J connectivity index is 1.38. The quantitative estimate of drug-likeness (QED) is 0.861. The highest BCUT2D eigenvalue weighted by Crippen LogP contribution is 2.39. The smallest absolute Gasteiger partial charge is 0.225 e. The van der Waals surface area contributed by atoms with Gasteiger partial charge in [0.15, 0.2) is 0 Å². The number of carbonyl (C=O) groups is 2. The van der Waals surface area contributed by atoms with Crippen molar-refractivity contribution in [1.29, 1.82) is 0 Å². The van der Waals surface area contributed by atoms with Crippen molar-refractivity contribution in [3.63, 3.8) is 0 Å². The number of carbonyl (C=O) groups excluding carboxylic acids is 2. The lowest BCUT2D eigenvalue weighted by Crippen LogP contribution is -2.57. The predicted octanol–water partition coefficient (Wildman–Crippen LogP) is 1.68. The van der Waals surface area contributed by atoms with E-state index in [0.717, 1.165) is 64.5 Å². The second-order valence-electron chi connectivity index (χ2n) is 8.13. The normalized spacial score (nSPS) is 33.7. The number of hydrogen-bond acceptors (Lipinski definition) is 3. The van der Waals surface area contributed by atoms with E-state index in [0.29, 0.717) is 30.3 Å². The van der Waals surface area contributed by atoms with Crippen molar-refractivity contribution < 1.29 is 14.7 Å². The summed E-state index contributed by atoms with van der Waals surface area (Å²) < 4.78 is 0. The molecule has 2 atom stereocenters. The Bertz CT molecular complexity index is 496. The second-order valence-corrected chi connectivity index (χ2v) is 8.13. The van der Waals surface area contributed by atoms with E-state index in [2.05, 4.69) is 4.90 Å². The van der Waals surface area contributed by atoms with Crippen LogP contribution < -0.4 is 0 Å². The molecule has 4 fully saturated rings. The highest BCUT2D eigenvalue weighted by atomic mass is 16.3. The Morgan fingerprint density at radius 2 is 1.91 bits per heavy atom. The lowest BCUT2D eigenvalue weighted by molar-refractivity contribution is -0.146. The van der Waals surface area contributed by atoms with Gasteiger partial charge < -0.3 is 14.9 Å². The van der Waals surface area contributed by atoms with Crippen LogP contribution >= 0.6 is 0 Å². The van der Waals surface area contributed by atoms with E-state index in [1.54, 1.807) is 0 Å². The number of rotatable bonds is 3. The van der Waals surface area contributed by atoms with Crippen LogP contribution in [0.3, 0.4) is 0 Å². The van der Waals surface area contributed by atoms with E-state index in [1.807, 2.05) is 4.90 Å². The Morgan fingerprint density at radius 1 is 1.17 bits per heavy atom. The first-order valence-electron chi connectivity index (χ1n) is 9.37. The molecule has 5 nitrogen and oxygen atoms in total. The SMILES string of the molecule is O=C(CC1(O)CCCC1)N1CCC2C(CCC(=O)N2C2CC2)C1. The van der Waals surface area contributed by atoms with Crippen LogP contribution in [0.4, 0.5) is 0 Å². The molecule has 128 valence electrons. The van der Waals surface area contributed by atoms with E-state index >= 15 is 0 Å². The van der Waals surface area contributed by atoms with Gasteiger partial charge in [0.2, 0.25) is 11.8 Å². The van der Waals surface area contributed by atoms with Crippen LogP contribution in [-0.2, 0) is 9.59 Å². The van der Waals surface area contributed by atoms with Crippen LogP contribution in [0.1, 0.15) is 64.2 Å². The molecule has 2 unspecified atom stereocenters. The zero-order valence-electron chi connectivity index (χ0n) is 13.9. The molecule has 0 spiro atoms. The molecule has 0 aromatic heterocycles. The van der Waals surface area contributed by atoms with Gasteiger partial charge in [-0.15, -0.1) is 0 Å². The number of aliphatic hydroxyl groups is 1. The summed E-state index contributed by atoms with van der Waals surface area (Å²) in [4.78, 5) is 29.0. The third-order valence-electron chi connectivity index (χ3n) is 6.38. The number of amides is 2. The van der Waals surface area contributed by atoms with Crippen LogP contribution in [0.5, 0.6) is 0 Å². The molecular weight excluding hydrogens is 292 g/mol. The van der Waals surface area contributed by atoms with Gasteiger partial charge in [-0.3, -0.25) is 9.59 Å². The highest BCUT2D eigenvalue weighted by molar-refractivity contribution is 5.79. The average Bonchev–Trinajstić information content (AvgIpc) is 3.28. The monoisotopic (exact) mass is 320 g/mol. The molecule has 0 radical (unpaired) electrons. The van der Waals surface area contributed by atoms with E-state index in [-0.39, 0.29) is 12.3 Å². The molecule has 2 aliphatic heterocycles. The maximum absolute atomic E-state index is 12.6. The zero-order valence-corrected chi connectivity index (χ0v) is 13.9. The first-order chi connectivity index (χ1) is 11.1. The molecule has 5 heteroatoms. The van der Waals surface area contributed by atoms with Crippen LogP contribution in [0.25, 0.3) is 0 Å². The van der Waals surface area contributed by atoms with Gasteiger partial charge in [0.1, 0.15) is 0 Å². The van der Waals surface area contributed by atoms with Crippen molar-refractivity contribution >= 4 is 11.8 Å². The molecule has 2 saturated heterocycles. The minimum absolute atomic E-state index is 0.114.